The van der Waals surface area contributed by atoms with Gasteiger partial charge in [0.15, 0.2) is 0 Å². The zero-order valence-electron chi connectivity index (χ0n) is 17.3. The Morgan fingerprint density at radius 3 is 2.52 bits per heavy atom. The number of para-hydroxylation sites is 1. The molecule has 2 saturated heterocycles. The molecule has 3 N–H and O–H groups in total. The van der Waals surface area contributed by atoms with Crippen LogP contribution in [0.3, 0.4) is 0 Å². The Hall–Kier alpha value is -2.74. The highest BCUT2D eigenvalue weighted by atomic mass is 16.4. The number of carbonyl (C=O) groups is 4. The number of quaternary nitrogens is 1. The first-order chi connectivity index (χ1) is 14.9. The second kappa shape index (κ2) is 7.44. The first-order valence-electron chi connectivity index (χ1n) is 11.3. The summed E-state index contributed by atoms with van der Waals surface area (Å²) in [4.78, 5) is 53.3. The Bertz CT molecular complexity index is 954. The molecule has 8 heteroatoms. The number of nitrogens with zero attached hydrogens (tertiary/aromatic N) is 1. The van der Waals surface area contributed by atoms with Crippen LogP contribution < -0.4 is 15.7 Å². The second-order valence-corrected chi connectivity index (χ2v) is 9.31. The lowest BCUT2D eigenvalue weighted by molar-refractivity contribution is -0.734. The van der Waals surface area contributed by atoms with Crippen LogP contribution in [0.15, 0.2) is 24.3 Å². The van der Waals surface area contributed by atoms with Crippen molar-refractivity contribution in [1.29, 1.82) is 0 Å². The lowest BCUT2D eigenvalue weighted by atomic mass is 9.76. The molecule has 164 valence electrons. The lowest BCUT2D eigenvalue weighted by Gasteiger charge is -2.30. The van der Waals surface area contributed by atoms with Gasteiger partial charge in [0, 0.05) is 24.0 Å². The van der Waals surface area contributed by atoms with E-state index in [-0.39, 0.29) is 36.6 Å². The number of rotatable bonds is 4. The Kier molecular flexibility index (Phi) is 4.84. The van der Waals surface area contributed by atoms with Crippen molar-refractivity contribution in [2.45, 2.75) is 69.0 Å². The van der Waals surface area contributed by atoms with Gasteiger partial charge in [-0.15, -0.1) is 0 Å². The lowest BCUT2D eigenvalue weighted by Crippen LogP contribution is -2.99. The third kappa shape index (κ3) is 2.91. The molecule has 3 aliphatic heterocycles. The molecule has 1 aliphatic carbocycles. The van der Waals surface area contributed by atoms with Gasteiger partial charge in [-0.3, -0.25) is 19.3 Å². The number of amides is 3. The molecule has 0 aromatic heterocycles. The summed E-state index contributed by atoms with van der Waals surface area (Å²) in [5, 5.41) is 15.8. The van der Waals surface area contributed by atoms with Crippen molar-refractivity contribution in [3.8, 4) is 0 Å². The summed E-state index contributed by atoms with van der Waals surface area (Å²) in [5.41, 5.74) is 0.121. The summed E-state index contributed by atoms with van der Waals surface area (Å²) in [6.45, 7) is 0. The highest BCUT2D eigenvalue weighted by Gasteiger charge is 2.74. The van der Waals surface area contributed by atoms with Crippen LogP contribution in [0.5, 0.6) is 0 Å². The van der Waals surface area contributed by atoms with Gasteiger partial charge in [-0.2, -0.15) is 0 Å². The van der Waals surface area contributed by atoms with Crippen molar-refractivity contribution in [2.75, 3.05) is 5.32 Å². The fourth-order valence-corrected chi connectivity index (χ4v) is 6.37. The number of carboxylic acids is 1. The normalized spacial score (nSPS) is 32.8. The summed E-state index contributed by atoms with van der Waals surface area (Å²) in [5.74, 6) is -3.54. The first kappa shape index (κ1) is 20.2. The molecule has 5 rings (SSSR count). The Labute approximate surface area is 180 Å². The van der Waals surface area contributed by atoms with Gasteiger partial charge in [0.25, 0.3) is 5.91 Å². The molecule has 4 aliphatic rings. The van der Waals surface area contributed by atoms with Crippen molar-refractivity contribution >= 4 is 29.4 Å². The summed E-state index contributed by atoms with van der Waals surface area (Å²) in [6, 6.07) is 6.66. The minimum Gasteiger partial charge on any atom is -0.550 e. The Balaban J connectivity index is 1.58. The predicted octanol–water partition coefficient (Wildman–Crippen LogP) is -0.366. The number of nitrogens with two attached hydrogens (primary N) is 1. The minimum atomic E-state index is -1.23. The molecule has 0 bridgehead atoms. The maximum absolute atomic E-state index is 13.8. The highest BCUT2D eigenvalue weighted by Crippen LogP contribution is 2.50. The summed E-state index contributed by atoms with van der Waals surface area (Å²) >= 11 is 0. The van der Waals surface area contributed by atoms with Crippen LogP contribution in [0.2, 0.25) is 0 Å². The topological polar surface area (TPSA) is 123 Å². The summed E-state index contributed by atoms with van der Waals surface area (Å²) in [6.07, 6.45) is 5.70. The highest BCUT2D eigenvalue weighted by molar-refractivity contribution is 6.14. The third-order valence-corrected chi connectivity index (χ3v) is 7.68. The molecule has 4 atom stereocenters. The monoisotopic (exact) mass is 425 g/mol. The van der Waals surface area contributed by atoms with E-state index in [4.69, 9.17) is 0 Å². The van der Waals surface area contributed by atoms with Crippen molar-refractivity contribution in [1.82, 2.24) is 4.90 Å². The largest absolute Gasteiger partial charge is 0.550 e. The number of likely N-dealkylation sites (tertiary alicyclic amines) is 1. The van der Waals surface area contributed by atoms with Crippen LogP contribution in [0, 0.1) is 11.8 Å². The number of hydrogen-bond acceptors (Lipinski definition) is 5. The molecule has 3 heterocycles. The van der Waals surface area contributed by atoms with Gasteiger partial charge in [-0.1, -0.05) is 43.9 Å². The molecule has 3 amide bonds. The maximum atomic E-state index is 13.8. The number of carbonyl (C=O) groups excluding carboxylic acids is 4. The van der Waals surface area contributed by atoms with Crippen LogP contribution in [0.4, 0.5) is 5.69 Å². The predicted molar refractivity (Wildman–Crippen MR) is 107 cm³/mol. The zero-order chi connectivity index (χ0) is 21.8. The molecule has 8 nitrogen and oxygen atoms in total. The molecule has 1 aromatic rings. The summed E-state index contributed by atoms with van der Waals surface area (Å²) in [7, 11) is 0. The van der Waals surface area contributed by atoms with Gasteiger partial charge in [0.1, 0.15) is 17.9 Å². The number of carboxylic acid groups (broad SMARTS) is 1. The molecule has 1 spiro atoms. The van der Waals surface area contributed by atoms with E-state index in [0.29, 0.717) is 11.3 Å². The molecular formula is C23H27N3O5. The van der Waals surface area contributed by atoms with Crippen LogP contribution in [0.1, 0.15) is 56.9 Å². The van der Waals surface area contributed by atoms with Crippen LogP contribution in [-0.2, 0) is 24.7 Å². The number of fused-ring (bicyclic) bond motifs is 4. The smallest absolute Gasteiger partial charge is 0.291 e. The van der Waals surface area contributed by atoms with E-state index >= 15 is 0 Å². The van der Waals surface area contributed by atoms with E-state index < -0.39 is 29.4 Å². The average molecular weight is 425 g/mol. The standard InChI is InChI=1S/C23H27N3O5/c27-17(28)12-11-16-18-19(21(30)26(20(18)29)13-7-3-1-2-4-8-13)23(25-16)14-9-5-6-10-15(14)24-22(23)31/h5-6,9-10,13,16,18-19,25H,1-4,7-8,11-12H2,(H,24,31)(H,27,28)/t16-,18+,19-,23-/m0/s1. The number of aliphatic carboxylic acids is 1. The van der Waals surface area contributed by atoms with Gasteiger partial charge < -0.3 is 20.5 Å². The average Bonchev–Trinajstić information content (AvgIpc) is 3.21. The SMILES string of the molecule is O=C([O-])CC[C@@H]1[NH2+][C@]2(C(=O)Nc3ccccc32)[C@@H]2C(=O)N(C3CCCCCC3)C(=O)[C@H]12. The zero-order valence-corrected chi connectivity index (χ0v) is 17.3. The second-order valence-electron chi connectivity index (χ2n) is 9.31. The fraction of sp³-hybridized carbons (Fsp3) is 0.565. The summed E-state index contributed by atoms with van der Waals surface area (Å²) < 4.78 is 0. The van der Waals surface area contributed by atoms with Crippen molar-refractivity contribution in [2.24, 2.45) is 11.8 Å². The number of anilines is 1. The molecule has 3 fully saturated rings. The van der Waals surface area contributed by atoms with Gasteiger partial charge in [0.05, 0.1) is 5.69 Å². The fourth-order valence-electron chi connectivity index (χ4n) is 6.37. The van der Waals surface area contributed by atoms with Crippen LogP contribution in [-0.4, -0.2) is 40.7 Å². The van der Waals surface area contributed by atoms with Crippen LogP contribution in [0.25, 0.3) is 0 Å². The molecular weight excluding hydrogens is 398 g/mol. The quantitative estimate of drug-likeness (QED) is 0.503. The maximum Gasteiger partial charge on any atom is 0.291 e. The van der Waals surface area contributed by atoms with Crippen LogP contribution >= 0.6 is 0 Å². The number of nitrogens with one attached hydrogen (secondary N) is 1. The molecule has 1 aromatic carbocycles. The third-order valence-electron chi connectivity index (χ3n) is 7.68. The van der Waals surface area contributed by atoms with Gasteiger partial charge >= 0.3 is 0 Å². The Morgan fingerprint density at radius 1 is 1.10 bits per heavy atom. The number of benzene rings is 1. The first-order valence-corrected chi connectivity index (χ1v) is 11.3. The molecule has 31 heavy (non-hydrogen) atoms. The van der Waals surface area contributed by atoms with Gasteiger partial charge in [0.2, 0.25) is 17.4 Å². The van der Waals surface area contributed by atoms with Crippen molar-refractivity contribution in [3.05, 3.63) is 29.8 Å². The molecule has 0 unspecified atom stereocenters. The van der Waals surface area contributed by atoms with Crippen molar-refractivity contribution in [3.63, 3.8) is 0 Å². The minimum absolute atomic E-state index is 0.133. The van der Waals surface area contributed by atoms with Crippen molar-refractivity contribution < 1.29 is 29.6 Å². The van der Waals surface area contributed by atoms with E-state index in [1.807, 2.05) is 18.2 Å². The van der Waals surface area contributed by atoms with E-state index in [1.165, 1.54) is 4.90 Å². The number of hydrogen-bond donors (Lipinski definition) is 2. The molecule has 1 saturated carbocycles. The number of imide groups is 1. The molecule has 0 radical (unpaired) electrons. The Morgan fingerprint density at radius 2 is 1.81 bits per heavy atom. The van der Waals surface area contributed by atoms with E-state index in [9.17, 15) is 24.3 Å². The van der Waals surface area contributed by atoms with Gasteiger partial charge in [-0.05, 0) is 25.3 Å². The van der Waals surface area contributed by atoms with E-state index in [1.54, 1.807) is 11.4 Å². The van der Waals surface area contributed by atoms with E-state index in [2.05, 4.69) is 5.32 Å². The van der Waals surface area contributed by atoms with E-state index in [0.717, 1.165) is 38.5 Å². The van der Waals surface area contributed by atoms with Gasteiger partial charge in [-0.25, -0.2) is 0 Å².